The summed E-state index contributed by atoms with van der Waals surface area (Å²) in [5.74, 6) is 0.0842. The normalized spacial score (nSPS) is 13.5. The van der Waals surface area contributed by atoms with Crippen molar-refractivity contribution in [2.75, 3.05) is 19.6 Å². The molecule has 0 aromatic heterocycles. The number of hydrogen-bond donors (Lipinski definition) is 3. The standard InChI is InChI=1S/C22H24N4O7/c1-2-10-23-21(30)15(4-3-12-25-19(28)7-8-20(25)29)9-11-24-22(31)16-5-6-17(14-27)18(13-16)26(32)33/h1,5-8,13,15,27H,3-4,9-12,14H2,(H,23,30)(H,24,31). The molecule has 1 aromatic carbocycles. The van der Waals surface area contributed by atoms with Crippen molar-refractivity contribution in [1.82, 2.24) is 15.5 Å². The highest BCUT2D eigenvalue weighted by molar-refractivity contribution is 6.12. The van der Waals surface area contributed by atoms with E-state index in [1.54, 1.807) is 0 Å². The number of nitro groups is 1. The second kappa shape index (κ2) is 12.1. The third kappa shape index (κ3) is 6.98. The summed E-state index contributed by atoms with van der Waals surface area (Å²) in [5, 5.41) is 25.5. The molecule has 2 rings (SSSR count). The van der Waals surface area contributed by atoms with Crippen molar-refractivity contribution >= 4 is 29.3 Å². The van der Waals surface area contributed by atoms with E-state index in [-0.39, 0.29) is 48.8 Å². The number of nitro benzene ring substituents is 1. The van der Waals surface area contributed by atoms with Gasteiger partial charge in [0.15, 0.2) is 0 Å². The monoisotopic (exact) mass is 456 g/mol. The van der Waals surface area contributed by atoms with Gasteiger partial charge in [-0.2, -0.15) is 0 Å². The molecule has 1 aliphatic heterocycles. The first-order chi connectivity index (χ1) is 15.8. The highest BCUT2D eigenvalue weighted by atomic mass is 16.6. The molecule has 33 heavy (non-hydrogen) atoms. The van der Waals surface area contributed by atoms with Gasteiger partial charge >= 0.3 is 0 Å². The van der Waals surface area contributed by atoms with Crippen LogP contribution in [0.4, 0.5) is 5.69 Å². The number of nitrogens with zero attached hydrogens (tertiary/aromatic N) is 2. The molecule has 4 amide bonds. The number of carbonyl (C=O) groups is 4. The van der Waals surface area contributed by atoms with E-state index in [1.165, 1.54) is 24.3 Å². The van der Waals surface area contributed by atoms with E-state index in [1.807, 2.05) is 0 Å². The highest BCUT2D eigenvalue weighted by Gasteiger charge is 2.24. The Bertz CT molecular complexity index is 994. The number of nitrogens with one attached hydrogen (secondary N) is 2. The highest BCUT2D eigenvalue weighted by Crippen LogP contribution is 2.20. The number of rotatable bonds is 12. The lowest BCUT2D eigenvalue weighted by Gasteiger charge is -2.19. The minimum absolute atomic E-state index is 0.0373. The molecule has 1 atom stereocenters. The zero-order valence-corrected chi connectivity index (χ0v) is 17.8. The smallest absolute Gasteiger partial charge is 0.275 e. The molecule has 174 valence electrons. The van der Waals surface area contributed by atoms with Crippen LogP contribution in [0.25, 0.3) is 0 Å². The van der Waals surface area contributed by atoms with Gasteiger partial charge in [-0.15, -0.1) is 6.42 Å². The summed E-state index contributed by atoms with van der Waals surface area (Å²) in [6, 6.07) is 3.75. The van der Waals surface area contributed by atoms with E-state index in [0.717, 1.165) is 11.0 Å². The van der Waals surface area contributed by atoms with E-state index in [4.69, 9.17) is 6.42 Å². The van der Waals surface area contributed by atoms with E-state index in [0.29, 0.717) is 12.8 Å². The van der Waals surface area contributed by atoms with Gasteiger partial charge in [0.25, 0.3) is 23.4 Å². The summed E-state index contributed by atoms with van der Waals surface area (Å²) >= 11 is 0. The molecule has 0 radical (unpaired) electrons. The van der Waals surface area contributed by atoms with Crippen LogP contribution in [-0.2, 0) is 21.0 Å². The summed E-state index contributed by atoms with van der Waals surface area (Å²) in [6.07, 6.45) is 8.53. The summed E-state index contributed by atoms with van der Waals surface area (Å²) < 4.78 is 0. The van der Waals surface area contributed by atoms with Crippen LogP contribution in [0.2, 0.25) is 0 Å². The number of aliphatic hydroxyl groups is 1. The van der Waals surface area contributed by atoms with Crippen molar-refractivity contribution in [2.45, 2.75) is 25.9 Å². The molecular formula is C22H24N4O7. The Hall–Kier alpha value is -4.04. The van der Waals surface area contributed by atoms with Crippen LogP contribution < -0.4 is 10.6 Å². The fourth-order valence-electron chi connectivity index (χ4n) is 3.31. The molecule has 3 N–H and O–H groups in total. The molecular weight excluding hydrogens is 432 g/mol. The fraction of sp³-hybridized carbons (Fsp3) is 0.364. The first-order valence-electron chi connectivity index (χ1n) is 10.2. The van der Waals surface area contributed by atoms with Gasteiger partial charge < -0.3 is 15.7 Å². The predicted octanol–water partition coefficient (Wildman–Crippen LogP) is 0.278. The van der Waals surface area contributed by atoms with Crippen LogP contribution in [0.1, 0.15) is 35.2 Å². The maximum absolute atomic E-state index is 12.4. The number of terminal acetylenes is 1. The van der Waals surface area contributed by atoms with Crippen LogP contribution in [-0.4, -0.2) is 58.2 Å². The number of hydrogen-bond acceptors (Lipinski definition) is 7. The van der Waals surface area contributed by atoms with Gasteiger partial charge in [-0.3, -0.25) is 34.2 Å². The van der Waals surface area contributed by atoms with Crippen molar-refractivity contribution in [3.63, 3.8) is 0 Å². The first kappa shape index (κ1) is 25.2. The second-order valence-electron chi connectivity index (χ2n) is 7.23. The number of aliphatic hydroxyl groups excluding tert-OH is 1. The van der Waals surface area contributed by atoms with Crippen molar-refractivity contribution < 1.29 is 29.2 Å². The zero-order chi connectivity index (χ0) is 24.4. The van der Waals surface area contributed by atoms with Crippen LogP contribution in [0.15, 0.2) is 30.4 Å². The van der Waals surface area contributed by atoms with Crippen LogP contribution in [0.3, 0.4) is 0 Å². The van der Waals surface area contributed by atoms with E-state index >= 15 is 0 Å². The molecule has 11 heteroatoms. The quantitative estimate of drug-likeness (QED) is 0.176. The van der Waals surface area contributed by atoms with Crippen LogP contribution >= 0.6 is 0 Å². The van der Waals surface area contributed by atoms with Crippen molar-refractivity contribution in [1.29, 1.82) is 0 Å². The third-order valence-corrected chi connectivity index (χ3v) is 5.06. The molecule has 0 saturated heterocycles. The summed E-state index contributed by atoms with van der Waals surface area (Å²) in [5.41, 5.74) is -0.227. The van der Waals surface area contributed by atoms with Crippen LogP contribution in [0.5, 0.6) is 0 Å². The molecule has 11 nitrogen and oxygen atoms in total. The molecule has 0 spiro atoms. The van der Waals surface area contributed by atoms with Crippen molar-refractivity contribution in [3.8, 4) is 12.3 Å². The van der Waals surface area contributed by atoms with Crippen molar-refractivity contribution in [3.05, 3.63) is 51.6 Å². The fourth-order valence-corrected chi connectivity index (χ4v) is 3.31. The topological polar surface area (TPSA) is 159 Å². The first-order valence-corrected chi connectivity index (χ1v) is 10.2. The lowest BCUT2D eigenvalue weighted by atomic mass is 9.98. The molecule has 0 bridgehead atoms. The number of carbonyl (C=O) groups excluding carboxylic acids is 4. The molecule has 0 aliphatic carbocycles. The third-order valence-electron chi connectivity index (χ3n) is 5.06. The molecule has 1 heterocycles. The van der Waals surface area contributed by atoms with Crippen molar-refractivity contribution in [2.24, 2.45) is 5.92 Å². The molecule has 0 fully saturated rings. The SMILES string of the molecule is C#CCNC(=O)C(CCCN1C(=O)C=CC1=O)CCNC(=O)c1ccc(CO)c([N+](=O)[O-])c1. The summed E-state index contributed by atoms with van der Waals surface area (Å²) in [6.45, 7) is -0.227. The van der Waals surface area contributed by atoms with Gasteiger partial charge in [-0.05, 0) is 31.4 Å². The zero-order valence-electron chi connectivity index (χ0n) is 17.8. The predicted molar refractivity (Wildman–Crippen MR) is 116 cm³/mol. The van der Waals surface area contributed by atoms with E-state index < -0.39 is 35.2 Å². The van der Waals surface area contributed by atoms with E-state index in [2.05, 4.69) is 16.6 Å². The lowest BCUT2D eigenvalue weighted by Crippen LogP contribution is -2.35. The van der Waals surface area contributed by atoms with Gasteiger partial charge in [-0.25, -0.2) is 0 Å². The minimum atomic E-state index is -0.681. The summed E-state index contributed by atoms with van der Waals surface area (Å²) in [4.78, 5) is 59.6. The van der Waals surface area contributed by atoms with Gasteiger partial charge in [0.1, 0.15) is 0 Å². The number of amides is 4. The Balaban J connectivity index is 1.94. The Labute approximate surface area is 190 Å². The molecule has 0 saturated carbocycles. The molecule has 1 unspecified atom stereocenters. The molecule has 1 aliphatic rings. The molecule has 1 aromatic rings. The maximum atomic E-state index is 12.4. The maximum Gasteiger partial charge on any atom is 0.275 e. The Morgan fingerprint density at radius 2 is 1.88 bits per heavy atom. The number of benzene rings is 1. The minimum Gasteiger partial charge on any atom is -0.391 e. The summed E-state index contributed by atoms with van der Waals surface area (Å²) in [7, 11) is 0. The van der Waals surface area contributed by atoms with Gasteiger partial charge in [0, 0.05) is 42.8 Å². The number of imide groups is 1. The largest absolute Gasteiger partial charge is 0.391 e. The Kier molecular flexibility index (Phi) is 9.26. The average Bonchev–Trinajstić information content (AvgIpc) is 3.12. The van der Waals surface area contributed by atoms with Crippen LogP contribution in [0, 0.1) is 28.4 Å². The lowest BCUT2D eigenvalue weighted by molar-refractivity contribution is -0.385. The van der Waals surface area contributed by atoms with Gasteiger partial charge in [0.05, 0.1) is 23.6 Å². The van der Waals surface area contributed by atoms with E-state index in [9.17, 15) is 34.4 Å². The Morgan fingerprint density at radius 3 is 2.48 bits per heavy atom. The van der Waals surface area contributed by atoms with Gasteiger partial charge in [0.2, 0.25) is 5.91 Å². The average molecular weight is 456 g/mol. The Morgan fingerprint density at radius 1 is 1.18 bits per heavy atom. The van der Waals surface area contributed by atoms with Gasteiger partial charge in [-0.1, -0.05) is 5.92 Å². The second-order valence-corrected chi connectivity index (χ2v) is 7.23.